The molecule has 0 aliphatic rings. The SMILES string of the molecule is CS(=O)(=O)c1n[nH]c([N+](=O)[O-])n1. The van der Waals surface area contributed by atoms with Crippen molar-refractivity contribution in [2.24, 2.45) is 0 Å². The van der Waals surface area contributed by atoms with Crippen LogP contribution in [0.1, 0.15) is 0 Å². The predicted octanol–water partition coefficient (Wildman–Crippen LogP) is -0.884. The van der Waals surface area contributed by atoms with Crippen LogP contribution < -0.4 is 0 Å². The van der Waals surface area contributed by atoms with E-state index in [9.17, 15) is 18.5 Å². The Labute approximate surface area is 66.7 Å². The average Bonchev–Trinajstić information content (AvgIpc) is 2.30. The first-order valence-corrected chi connectivity index (χ1v) is 4.57. The van der Waals surface area contributed by atoms with Crippen LogP contribution in [0, 0.1) is 10.1 Å². The van der Waals surface area contributed by atoms with Crippen molar-refractivity contribution in [1.82, 2.24) is 15.2 Å². The van der Waals surface area contributed by atoms with Crippen molar-refractivity contribution in [3.63, 3.8) is 0 Å². The van der Waals surface area contributed by atoms with E-state index in [1.165, 1.54) is 0 Å². The van der Waals surface area contributed by atoms with E-state index in [1.807, 2.05) is 5.10 Å². The number of nitrogens with zero attached hydrogens (tertiary/aromatic N) is 3. The summed E-state index contributed by atoms with van der Waals surface area (Å²) in [5, 5.41) is 14.5. The predicted molar refractivity (Wildman–Crippen MR) is 36.1 cm³/mol. The summed E-state index contributed by atoms with van der Waals surface area (Å²) in [4.78, 5) is 12.3. The molecule has 0 radical (unpaired) electrons. The van der Waals surface area contributed by atoms with Gasteiger partial charge in [-0.1, -0.05) is 5.10 Å². The largest absolute Gasteiger partial charge is 0.454 e. The smallest absolute Gasteiger partial charge is 0.390 e. The van der Waals surface area contributed by atoms with E-state index < -0.39 is 25.9 Å². The molecule has 1 aromatic heterocycles. The maximum Gasteiger partial charge on any atom is 0.454 e. The van der Waals surface area contributed by atoms with Gasteiger partial charge in [0.1, 0.15) is 0 Å². The Hall–Kier alpha value is -1.51. The van der Waals surface area contributed by atoms with Gasteiger partial charge in [-0.3, -0.25) is 0 Å². The summed E-state index contributed by atoms with van der Waals surface area (Å²) in [7, 11) is -3.57. The van der Waals surface area contributed by atoms with Gasteiger partial charge in [0.25, 0.3) is 0 Å². The van der Waals surface area contributed by atoms with Gasteiger partial charge in [-0.2, -0.15) is 0 Å². The highest BCUT2D eigenvalue weighted by Crippen LogP contribution is 2.05. The molecule has 0 spiro atoms. The molecule has 0 amide bonds. The van der Waals surface area contributed by atoms with Crippen molar-refractivity contribution in [3.8, 4) is 0 Å². The summed E-state index contributed by atoms with van der Waals surface area (Å²) in [5.74, 6) is -0.685. The Morgan fingerprint density at radius 2 is 2.17 bits per heavy atom. The molecular weight excluding hydrogens is 188 g/mol. The Bertz CT molecular complexity index is 406. The molecule has 66 valence electrons. The topological polar surface area (TPSA) is 119 Å². The van der Waals surface area contributed by atoms with Gasteiger partial charge in [-0.15, -0.1) is 5.10 Å². The molecule has 9 heteroatoms. The van der Waals surface area contributed by atoms with Gasteiger partial charge in [-0.25, -0.2) is 8.42 Å². The molecule has 1 N–H and O–H groups in total. The third-order valence-electron chi connectivity index (χ3n) is 0.958. The Kier molecular flexibility index (Phi) is 1.80. The lowest BCUT2D eigenvalue weighted by molar-refractivity contribution is -0.394. The van der Waals surface area contributed by atoms with Gasteiger partial charge in [0.15, 0.2) is 0 Å². The highest BCUT2D eigenvalue weighted by molar-refractivity contribution is 7.90. The van der Waals surface area contributed by atoms with E-state index in [2.05, 4.69) is 10.1 Å². The summed E-state index contributed by atoms with van der Waals surface area (Å²) in [6.07, 6.45) is 0.861. The zero-order valence-corrected chi connectivity index (χ0v) is 6.70. The number of H-pyrrole nitrogens is 1. The number of aromatic nitrogens is 3. The number of nitro groups is 1. The average molecular weight is 192 g/mol. The summed E-state index contributed by atoms with van der Waals surface area (Å²) in [5.41, 5.74) is 0. The minimum atomic E-state index is -3.57. The van der Waals surface area contributed by atoms with Crippen LogP contribution in [-0.4, -0.2) is 34.8 Å². The fourth-order valence-electron chi connectivity index (χ4n) is 0.486. The quantitative estimate of drug-likeness (QED) is 0.479. The second-order valence-electron chi connectivity index (χ2n) is 1.97. The summed E-state index contributed by atoms with van der Waals surface area (Å²) in [6, 6.07) is 0. The molecule has 0 saturated carbocycles. The van der Waals surface area contributed by atoms with Crippen molar-refractivity contribution < 1.29 is 13.3 Å². The molecule has 1 heterocycles. The van der Waals surface area contributed by atoms with Crippen LogP contribution in [0.2, 0.25) is 0 Å². The molecule has 8 nitrogen and oxygen atoms in total. The number of sulfone groups is 1. The van der Waals surface area contributed by atoms with Gasteiger partial charge in [0.05, 0.1) is 0 Å². The number of nitrogens with one attached hydrogen (secondary N) is 1. The number of hydrogen-bond donors (Lipinski definition) is 1. The zero-order chi connectivity index (χ0) is 9.35. The first-order chi connectivity index (χ1) is 5.41. The fraction of sp³-hybridized carbons (Fsp3) is 0.333. The zero-order valence-electron chi connectivity index (χ0n) is 5.88. The van der Waals surface area contributed by atoms with Crippen LogP contribution >= 0.6 is 0 Å². The molecule has 12 heavy (non-hydrogen) atoms. The normalized spacial score (nSPS) is 11.4. The van der Waals surface area contributed by atoms with E-state index in [0.29, 0.717) is 0 Å². The van der Waals surface area contributed by atoms with E-state index in [4.69, 9.17) is 0 Å². The minimum Gasteiger partial charge on any atom is -0.390 e. The third-order valence-corrected chi connectivity index (χ3v) is 1.80. The lowest BCUT2D eigenvalue weighted by atomic mass is 11.1. The van der Waals surface area contributed by atoms with Crippen LogP contribution in [0.4, 0.5) is 5.95 Å². The van der Waals surface area contributed by atoms with Gasteiger partial charge >= 0.3 is 11.1 Å². The minimum absolute atomic E-state index is 0.575. The molecule has 0 saturated heterocycles. The van der Waals surface area contributed by atoms with E-state index >= 15 is 0 Å². The lowest BCUT2D eigenvalue weighted by Crippen LogP contribution is -1.99. The molecule has 0 bridgehead atoms. The fourth-order valence-corrected chi connectivity index (χ4v) is 0.950. The molecular formula is C3H4N4O4S. The maximum absolute atomic E-state index is 10.7. The Morgan fingerprint density at radius 3 is 2.42 bits per heavy atom. The molecule has 0 aliphatic carbocycles. The van der Waals surface area contributed by atoms with Crippen LogP contribution in [-0.2, 0) is 9.84 Å². The molecule has 0 unspecified atom stereocenters. The molecule has 0 atom stereocenters. The van der Waals surface area contributed by atoms with Crippen molar-refractivity contribution >= 4 is 15.8 Å². The van der Waals surface area contributed by atoms with Crippen LogP contribution in [0.3, 0.4) is 0 Å². The van der Waals surface area contributed by atoms with Crippen molar-refractivity contribution in [2.75, 3.05) is 6.26 Å². The maximum atomic E-state index is 10.7. The van der Waals surface area contributed by atoms with E-state index in [-0.39, 0.29) is 0 Å². The summed E-state index contributed by atoms with van der Waals surface area (Å²) >= 11 is 0. The standard InChI is InChI=1S/C3H4N4O4S/c1-12(10,11)3-4-2(5-6-3)7(8)9/h1H3,(H,4,5,6). The summed E-state index contributed by atoms with van der Waals surface area (Å²) < 4.78 is 21.4. The second kappa shape index (κ2) is 2.52. The van der Waals surface area contributed by atoms with Crippen LogP contribution in [0.25, 0.3) is 0 Å². The number of aromatic amines is 1. The third kappa shape index (κ3) is 1.56. The van der Waals surface area contributed by atoms with E-state index in [0.717, 1.165) is 6.26 Å². The lowest BCUT2D eigenvalue weighted by Gasteiger charge is -1.83. The monoisotopic (exact) mass is 192 g/mol. The van der Waals surface area contributed by atoms with Crippen LogP contribution in [0.5, 0.6) is 0 Å². The van der Waals surface area contributed by atoms with Gasteiger partial charge in [0.2, 0.25) is 9.84 Å². The first kappa shape index (κ1) is 8.59. The second-order valence-corrected chi connectivity index (χ2v) is 3.88. The molecule has 0 aromatic carbocycles. The van der Waals surface area contributed by atoms with Crippen molar-refractivity contribution in [1.29, 1.82) is 0 Å². The van der Waals surface area contributed by atoms with Crippen molar-refractivity contribution in [2.45, 2.75) is 5.16 Å². The highest BCUT2D eigenvalue weighted by Gasteiger charge is 2.22. The van der Waals surface area contributed by atoms with Crippen molar-refractivity contribution in [3.05, 3.63) is 10.1 Å². The van der Waals surface area contributed by atoms with Gasteiger partial charge in [-0.05, 0) is 9.91 Å². The van der Waals surface area contributed by atoms with Gasteiger partial charge in [0, 0.05) is 6.26 Å². The highest BCUT2D eigenvalue weighted by atomic mass is 32.2. The van der Waals surface area contributed by atoms with Gasteiger partial charge < -0.3 is 10.1 Å². The Balaban J connectivity index is 3.17. The van der Waals surface area contributed by atoms with Crippen LogP contribution in [0.15, 0.2) is 5.16 Å². The summed E-state index contributed by atoms with van der Waals surface area (Å²) in [6.45, 7) is 0. The number of hydrogen-bond acceptors (Lipinski definition) is 6. The first-order valence-electron chi connectivity index (χ1n) is 2.68. The molecule has 1 rings (SSSR count). The van der Waals surface area contributed by atoms with E-state index in [1.54, 1.807) is 0 Å². The number of rotatable bonds is 2. The Morgan fingerprint density at radius 1 is 1.58 bits per heavy atom. The molecule has 0 fully saturated rings. The molecule has 0 aliphatic heterocycles. The molecule has 1 aromatic rings.